The van der Waals surface area contributed by atoms with Gasteiger partial charge < -0.3 is 10.5 Å². The van der Waals surface area contributed by atoms with Gasteiger partial charge in [0.25, 0.3) is 0 Å². The van der Waals surface area contributed by atoms with Crippen LogP contribution in [0.4, 0.5) is 5.69 Å². The number of nitrogens with two attached hydrogens (primary N) is 1. The van der Waals surface area contributed by atoms with Gasteiger partial charge in [-0.15, -0.1) is 0 Å². The van der Waals surface area contributed by atoms with Crippen LogP contribution in [0.2, 0.25) is 0 Å². The largest absolute Gasteiger partial charge is 0.497 e. The second-order valence-corrected chi connectivity index (χ2v) is 4.68. The Morgan fingerprint density at radius 3 is 2.71 bits per heavy atom. The normalized spacial score (nSPS) is 10.5. The van der Waals surface area contributed by atoms with Crippen molar-refractivity contribution < 1.29 is 9.53 Å². The van der Waals surface area contributed by atoms with E-state index in [0.29, 0.717) is 28.2 Å². The van der Waals surface area contributed by atoms with Gasteiger partial charge in [0.2, 0.25) is 5.78 Å². The number of fused-ring (bicyclic) bond motifs is 1. The fraction of sp³-hybridized carbons (Fsp3) is 0.0588. The van der Waals surface area contributed by atoms with Crippen LogP contribution in [0.5, 0.6) is 5.75 Å². The summed E-state index contributed by atoms with van der Waals surface area (Å²) in [6.45, 7) is 0. The lowest BCUT2D eigenvalue weighted by Crippen LogP contribution is -2.05. The van der Waals surface area contributed by atoms with Crippen molar-refractivity contribution in [3.8, 4) is 5.75 Å². The highest BCUT2D eigenvalue weighted by atomic mass is 16.5. The number of para-hydroxylation sites is 1. The fourth-order valence-electron chi connectivity index (χ4n) is 2.21. The van der Waals surface area contributed by atoms with Gasteiger partial charge in [0.1, 0.15) is 11.4 Å². The molecule has 0 spiro atoms. The van der Waals surface area contributed by atoms with Crippen molar-refractivity contribution in [3.63, 3.8) is 0 Å². The summed E-state index contributed by atoms with van der Waals surface area (Å²) in [6, 6.07) is 16.1. The molecular weight excluding hydrogens is 264 g/mol. The minimum atomic E-state index is -0.154. The molecule has 0 saturated heterocycles. The number of hydrogen-bond donors (Lipinski definition) is 1. The van der Waals surface area contributed by atoms with E-state index in [2.05, 4.69) is 4.98 Å². The van der Waals surface area contributed by atoms with Crippen LogP contribution < -0.4 is 10.5 Å². The van der Waals surface area contributed by atoms with Crippen LogP contribution in [-0.4, -0.2) is 17.9 Å². The SMILES string of the molecule is COc1cccc(C(=O)c2ccc3cccc(N)c3n2)c1. The molecule has 0 amide bonds. The van der Waals surface area contributed by atoms with E-state index < -0.39 is 0 Å². The van der Waals surface area contributed by atoms with Crippen LogP contribution >= 0.6 is 0 Å². The minimum absolute atomic E-state index is 0.154. The van der Waals surface area contributed by atoms with Crippen LogP contribution in [0, 0.1) is 0 Å². The number of methoxy groups -OCH3 is 1. The Balaban J connectivity index is 2.07. The van der Waals surface area contributed by atoms with E-state index in [9.17, 15) is 4.79 Å². The lowest BCUT2D eigenvalue weighted by atomic mass is 10.1. The predicted octanol–water partition coefficient (Wildman–Crippen LogP) is 3.06. The number of carbonyl (C=O) groups is 1. The molecule has 0 unspecified atom stereocenters. The van der Waals surface area contributed by atoms with E-state index in [-0.39, 0.29) is 5.78 Å². The van der Waals surface area contributed by atoms with Gasteiger partial charge in [-0.05, 0) is 24.3 Å². The molecule has 0 fully saturated rings. The molecule has 0 aliphatic heterocycles. The molecule has 3 aromatic rings. The third-order valence-electron chi connectivity index (χ3n) is 3.32. The lowest BCUT2D eigenvalue weighted by Gasteiger charge is -2.06. The Morgan fingerprint density at radius 2 is 1.90 bits per heavy atom. The summed E-state index contributed by atoms with van der Waals surface area (Å²) in [5.41, 5.74) is 8.03. The van der Waals surface area contributed by atoms with Gasteiger partial charge in [-0.2, -0.15) is 0 Å². The zero-order chi connectivity index (χ0) is 14.8. The Bertz CT molecular complexity index is 828. The molecule has 1 heterocycles. The van der Waals surface area contributed by atoms with Crippen LogP contribution in [0.3, 0.4) is 0 Å². The molecule has 2 aromatic carbocycles. The van der Waals surface area contributed by atoms with Gasteiger partial charge >= 0.3 is 0 Å². The van der Waals surface area contributed by atoms with Crippen LogP contribution in [-0.2, 0) is 0 Å². The topological polar surface area (TPSA) is 65.2 Å². The van der Waals surface area contributed by atoms with Crippen molar-refractivity contribution in [2.24, 2.45) is 0 Å². The first-order valence-electron chi connectivity index (χ1n) is 6.53. The maximum atomic E-state index is 12.5. The van der Waals surface area contributed by atoms with Gasteiger partial charge in [0.05, 0.1) is 18.3 Å². The third-order valence-corrected chi connectivity index (χ3v) is 3.32. The van der Waals surface area contributed by atoms with E-state index in [1.807, 2.05) is 18.2 Å². The number of ketones is 1. The summed E-state index contributed by atoms with van der Waals surface area (Å²) in [5.74, 6) is 0.486. The van der Waals surface area contributed by atoms with Crippen molar-refractivity contribution in [1.29, 1.82) is 0 Å². The molecule has 2 N–H and O–H groups in total. The molecule has 0 radical (unpaired) electrons. The highest BCUT2D eigenvalue weighted by molar-refractivity contribution is 6.09. The molecular formula is C17H14N2O2. The van der Waals surface area contributed by atoms with Crippen molar-refractivity contribution in [3.05, 3.63) is 65.9 Å². The number of nitrogens with zero attached hydrogens (tertiary/aromatic N) is 1. The molecule has 0 atom stereocenters. The maximum Gasteiger partial charge on any atom is 0.211 e. The van der Waals surface area contributed by atoms with Crippen LogP contribution in [0.25, 0.3) is 10.9 Å². The quantitative estimate of drug-likeness (QED) is 0.590. The maximum absolute atomic E-state index is 12.5. The first kappa shape index (κ1) is 13.1. The number of pyridine rings is 1. The molecule has 0 saturated carbocycles. The average molecular weight is 278 g/mol. The summed E-state index contributed by atoms with van der Waals surface area (Å²) in [4.78, 5) is 16.9. The number of carbonyl (C=O) groups excluding carboxylic acids is 1. The average Bonchev–Trinajstić information content (AvgIpc) is 2.54. The summed E-state index contributed by atoms with van der Waals surface area (Å²) in [5, 5.41) is 0.914. The zero-order valence-electron chi connectivity index (χ0n) is 11.5. The Hall–Kier alpha value is -2.88. The first-order chi connectivity index (χ1) is 10.2. The number of ether oxygens (including phenoxy) is 1. The summed E-state index contributed by atoms with van der Waals surface area (Å²) < 4.78 is 5.14. The summed E-state index contributed by atoms with van der Waals surface area (Å²) in [7, 11) is 1.57. The van der Waals surface area contributed by atoms with Crippen molar-refractivity contribution >= 4 is 22.4 Å². The van der Waals surface area contributed by atoms with Crippen molar-refractivity contribution in [1.82, 2.24) is 4.98 Å². The Labute approximate surface area is 122 Å². The molecule has 21 heavy (non-hydrogen) atoms. The van der Waals surface area contributed by atoms with Crippen LogP contribution in [0.15, 0.2) is 54.6 Å². The highest BCUT2D eigenvalue weighted by Gasteiger charge is 2.12. The zero-order valence-corrected chi connectivity index (χ0v) is 11.5. The highest BCUT2D eigenvalue weighted by Crippen LogP contribution is 2.21. The number of anilines is 1. The first-order valence-corrected chi connectivity index (χ1v) is 6.53. The summed E-state index contributed by atoms with van der Waals surface area (Å²) in [6.07, 6.45) is 0. The van der Waals surface area contributed by atoms with E-state index in [1.165, 1.54) is 0 Å². The molecule has 0 aliphatic rings. The summed E-state index contributed by atoms with van der Waals surface area (Å²) >= 11 is 0. The number of rotatable bonds is 3. The molecule has 104 valence electrons. The monoisotopic (exact) mass is 278 g/mol. The predicted molar refractivity (Wildman–Crippen MR) is 82.6 cm³/mol. The number of aromatic nitrogens is 1. The van der Waals surface area contributed by atoms with Crippen molar-refractivity contribution in [2.45, 2.75) is 0 Å². The van der Waals surface area contributed by atoms with Gasteiger partial charge in [0, 0.05) is 10.9 Å². The second-order valence-electron chi connectivity index (χ2n) is 4.68. The lowest BCUT2D eigenvalue weighted by molar-refractivity contribution is 0.103. The van der Waals surface area contributed by atoms with Crippen LogP contribution in [0.1, 0.15) is 16.1 Å². The van der Waals surface area contributed by atoms with Gasteiger partial charge in [0.15, 0.2) is 0 Å². The van der Waals surface area contributed by atoms with Gasteiger partial charge in [-0.3, -0.25) is 4.79 Å². The number of benzene rings is 2. The Morgan fingerprint density at radius 1 is 1.10 bits per heavy atom. The molecule has 0 bridgehead atoms. The van der Waals surface area contributed by atoms with E-state index >= 15 is 0 Å². The fourth-order valence-corrected chi connectivity index (χ4v) is 2.21. The standard InChI is InChI=1S/C17H14N2O2/c1-21-13-6-2-5-12(10-13)17(20)15-9-8-11-4-3-7-14(18)16(11)19-15/h2-10H,18H2,1H3. The number of hydrogen-bond acceptors (Lipinski definition) is 4. The van der Waals surface area contributed by atoms with E-state index in [1.54, 1.807) is 43.5 Å². The Kier molecular flexibility index (Phi) is 3.28. The smallest absolute Gasteiger partial charge is 0.211 e. The minimum Gasteiger partial charge on any atom is -0.497 e. The third kappa shape index (κ3) is 2.43. The molecule has 4 heteroatoms. The second kappa shape index (κ2) is 5.25. The number of nitrogen functional groups attached to an aromatic ring is 1. The molecule has 3 rings (SSSR count). The molecule has 4 nitrogen and oxygen atoms in total. The van der Waals surface area contributed by atoms with Gasteiger partial charge in [-0.1, -0.05) is 30.3 Å². The van der Waals surface area contributed by atoms with Crippen molar-refractivity contribution in [2.75, 3.05) is 12.8 Å². The van der Waals surface area contributed by atoms with E-state index in [4.69, 9.17) is 10.5 Å². The molecule has 1 aromatic heterocycles. The van der Waals surface area contributed by atoms with Gasteiger partial charge in [-0.25, -0.2) is 4.98 Å². The molecule has 0 aliphatic carbocycles. The van der Waals surface area contributed by atoms with E-state index in [0.717, 1.165) is 5.39 Å².